The number of aromatic nitrogens is 6. The van der Waals surface area contributed by atoms with E-state index >= 15 is 0 Å². The summed E-state index contributed by atoms with van der Waals surface area (Å²) in [4.78, 5) is 37.8. The predicted octanol–water partition coefficient (Wildman–Crippen LogP) is 2.57. The third kappa shape index (κ3) is 3.99. The van der Waals surface area contributed by atoms with Crippen LogP contribution >= 0.6 is 0 Å². The molecule has 0 bridgehead atoms. The topological polar surface area (TPSA) is 130 Å². The lowest BCUT2D eigenvalue weighted by atomic mass is 10.00. The standard InChI is InChI=1S/C24H18FN7O3/c1-35-22(33)18-11-15(9-10-27-18)19-20(14-5-3-2-4-6-14)29-23(26)32-21(19)30-31(24(32)34)13-17-8-7-16(25)12-28-17/h2-12H,13H2,1H3,(H2,26,29)/i2D,3D,4D,5D,6D. The molecule has 0 aliphatic carbocycles. The summed E-state index contributed by atoms with van der Waals surface area (Å²) in [6.45, 7) is -0.173. The third-order valence-electron chi connectivity index (χ3n) is 5.04. The highest BCUT2D eigenvalue weighted by molar-refractivity contribution is 5.94. The summed E-state index contributed by atoms with van der Waals surface area (Å²) in [7, 11) is 1.17. The van der Waals surface area contributed by atoms with E-state index in [1.165, 1.54) is 37.6 Å². The molecule has 0 saturated heterocycles. The third-order valence-corrected chi connectivity index (χ3v) is 5.04. The van der Waals surface area contributed by atoms with E-state index in [9.17, 15) is 14.0 Å². The van der Waals surface area contributed by atoms with Gasteiger partial charge in [-0.15, -0.1) is 5.10 Å². The monoisotopic (exact) mass is 476 g/mol. The van der Waals surface area contributed by atoms with Crippen LogP contribution in [0.5, 0.6) is 0 Å². The number of benzene rings is 1. The number of halogens is 1. The molecular weight excluding hydrogens is 453 g/mol. The van der Waals surface area contributed by atoms with Crippen LogP contribution in [0.3, 0.4) is 0 Å². The zero-order chi connectivity index (χ0) is 28.9. The molecule has 0 saturated carbocycles. The number of anilines is 1. The fraction of sp³-hybridized carbons (Fsp3) is 0.0833. The first-order valence-electron chi connectivity index (χ1n) is 12.5. The number of hydrogen-bond acceptors (Lipinski definition) is 8. The highest BCUT2D eigenvalue weighted by Crippen LogP contribution is 2.34. The van der Waals surface area contributed by atoms with Gasteiger partial charge in [-0.1, -0.05) is 30.2 Å². The maximum absolute atomic E-state index is 13.4. The normalized spacial score (nSPS) is 13.0. The molecule has 0 aliphatic rings. The Morgan fingerprint density at radius 2 is 1.97 bits per heavy atom. The van der Waals surface area contributed by atoms with Gasteiger partial charge in [-0.05, 0) is 29.8 Å². The Morgan fingerprint density at radius 1 is 1.17 bits per heavy atom. The van der Waals surface area contributed by atoms with Crippen molar-refractivity contribution in [2.24, 2.45) is 0 Å². The summed E-state index contributed by atoms with van der Waals surface area (Å²) in [6, 6.07) is 2.36. The lowest BCUT2D eigenvalue weighted by Gasteiger charge is -2.12. The number of hydrogen-bond donors (Lipinski definition) is 1. The molecule has 0 amide bonds. The van der Waals surface area contributed by atoms with Crippen molar-refractivity contribution in [3.05, 3.63) is 94.6 Å². The summed E-state index contributed by atoms with van der Waals surface area (Å²) >= 11 is 0. The first-order chi connectivity index (χ1) is 19.0. The van der Waals surface area contributed by atoms with Gasteiger partial charge in [0.05, 0.1) is 43.7 Å². The van der Waals surface area contributed by atoms with Crippen molar-refractivity contribution in [2.45, 2.75) is 6.54 Å². The number of rotatable bonds is 5. The second-order valence-electron chi connectivity index (χ2n) is 7.18. The molecule has 10 nitrogen and oxygen atoms in total. The average Bonchev–Trinajstić information content (AvgIpc) is 3.27. The molecule has 0 radical (unpaired) electrons. The van der Waals surface area contributed by atoms with Crippen LogP contribution in [0.2, 0.25) is 0 Å². The first kappa shape index (κ1) is 16.6. The summed E-state index contributed by atoms with van der Waals surface area (Å²) in [5, 5.41) is 4.39. The Kier molecular flexibility index (Phi) is 4.18. The van der Waals surface area contributed by atoms with Crippen molar-refractivity contribution in [2.75, 3.05) is 12.8 Å². The summed E-state index contributed by atoms with van der Waals surface area (Å²) < 4.78 is 61.3. The van der Waals surface area contributed by atoms with Crippen LogP contribution in [-0.4, -0.2) is 42.2 Å². The van der Waals surface area contributed by atoms with E-state index in [2.05, 4.69) is 20.1 Å². The molecule has 2 N–H and O–H groups in total. The van der Waals surface area contributed by atoms with Gasteiger partial charge < -0.3 is 10.5 Å². The van der Waals surface area contributed by atoms with E-state index in [1.54, 1.807) is 0 Å². The second-order valence-corrected chi connectivity index (χ2v) is 7.18. The van der Waals surface area contributed by atoms with Gasteiger partial charge in [-0.3, -0.25) is 4.98 Å². The van der Waals surface area contributed by atoms with Gasteiger partial charge in [0.2, 0.25) is 5.95 Å². The Balaban J connectivity index is 1.88. The SMILES string of the molecule is [2H]c1c([2H])c([2H])c(-c2nc(N)n3c(=O)n(Cc4ccc(F)cn4)nc3c2-c2ccnc(C(=O)OC)c2)c([2H])c1[2H]. The van der Waals surface area contributed by atoms with Gasteiger partial charge in [0.15, 0.2) is 5.65 Å². The molecule has 0 aliphatic heterocycles. The lowest BCUT2D eigenvalue weighted by Crippen LogP contribution is -2.24. The molecule has 4 heterocycles. The quantitative estimate of drug-likeness (QED) is 0.383. The van der Waals surface area contributed by atoms with Gasteiger partial charge in [0.1, 0.15) is 11.5 Å². The van der Waals surface area contributed by atoms with Crippen molar-refractivity contribution in [1.82, 2.24) is 29.1 Å². The molecule has 4 aromatic heterocycles. The van der Waals surface area contributed by atoms with E-state index in [4.69, 9.17) is 17.3 Å². The average molecular weight is 476 g/mol. The molecule has 35 heavy (non-hydrogen) atoms. The molecule has 0 atom stereocenters. The number of nitrogen functional groups attached to an aromatic ring is 1. The molecule has 5 rings (SSSR count). The predicted molar refractivity (Wildman–Crippen MR) is 125 cm³/mol. The van der Waals surface area contributed by atoms with Crippen LogP contribution in [-0.2, 0) is 11.3 Å². The lowest BCUT2D eigenvalue weighted by molar-refractivity contribution is 0.0594. The van der Waals surface area contributed by atoms with Gasteiger partial charge >= 0.3 is 11.7 Å². The number of carbonyl (C=O) groups is 1. The van der Waals surface area contributed by atoms with Crippen LogP contribution in [0.25, 0.3) is 28.0 Å². The van der Waals surface area contributed by atoms with Crippen LogP contribution in [0.15, 0.2) is 71.7 Å². The summed E-state index contributed by atoms with van der Waals surface area (Å²) in [5.41, 5.74) is 5.30. The minimum absolute atomic E-state index is 0.0307. The molecule has 5 aromatic rings. The number of nitrogens with two attached hydrogens (primary N) is 1. The molecular formula is C24H18FN7O3. The minimum Gasteiger partial charge on any atom is -0.464 e. The zero-order valence-corrected chi connectivity index (χ0v) is 18.0. The maximum Gasteiger partial charge on any atom is 0.356 e. The Morgan fingerprint density at radius 3 is 2.69 bits per heavy atom. The number of carbonyl (C=O) groups excluding carboxylic acids is 1. The fourth-order valence-corrected chi connectivity index (χ4v) is 3.48. The highest BCUT2D eigenvalue weighted by atomic mass is 19.1. The van der Waals surface area contributed by atoms with Crippen molar-refractivity contribution in [1.29, 1.82) is 0 Å². The van der Waals surface area contributed by atoms with Crippen LogP contribution in [0, 0.1) is 5.82 Å². The summed E-state index contributed by atoms with van der Waals surface area (Å²) in [6.07, 6.45) is 2.27. The number of fused-ring (bicyclic) bond motifs is 1. The number of esters is 1. The number of nitrogens with zero attached hydrogens (tertiary/aromatic N) is 6. The molecule has 0 fully saturated rings. The van der Waals surface area contributed by atoms with Gasteiger partial charge in [0.25, 0.3) is 0 Å². The van der Waals surface area contributed by atoms with Gasteiger partial charge in [-0.25, -0.2) is 33.0 Å². The van der Waals surface area contributed by atoms with E-state index in [-0.39, 0.29) is 46.2 Å². The Labute approximate surface area is 204 Å². The fourth-order valence-electron chi connectivity index (χ4n) is 3.48. The van der Waals surface area contributed by atoms with Gasteiger partial charge in [-0.2, -0.15) is 0 Å². The zero-order valence-electron chi connectivity index (χ0n) is 23.0. The molecule has 0 spiro atoms. The van der Waals surface area contributed by atoms with Crippen molar-refractivity contribution in [3.63, 3.8) is 0 Å². The highest BCUT2D eigenvalue weighted by Gasteiger charge is 2.22. The molecule has 174 valence electrons. The van der Waals surface area contributed by atoms with Crippen LogP contribution in [0.4, 0.5) is 10.3 Å². The second kappa shape index (κ2) is 8.78. The van der Waals surface area contributed by atoms with Crippen LogP contribution in [0.1, 0.15) is 23.0 Å². The van der Waals surface area contributed by atoms with Crippen molar-refractivity contribution < 1.29 is 20.8 Å². The molecule has 11 heteroatoms. The Bertz CT molecular complexity index is 1860. The number of methoxy groups -OCH3 is 1. The smallest absolute Gasteiger partial charge is 0.356 e. The largest absolute Gasteiger partial charge is 0.464 e. The molecule has 1 aromatic carbocycles. The number of ether oxygens (including phenoxy) is 1. The van der Waals surface area contributed by atoms with E-state index < -0.39 is 47.7 Å². The Hall–Kier alpha value is -4.93. The minimum atomic E-state index is -0.768. The maximum atomic E-state index is 13.4. The van der Waals surface area contributed by atoms with E-state index in [0.717, 1.165) is 15.3 Å². The summed E-state index contributed by atoms with van der Waals surface area (Å²) in [5.74, 6) is -1.72. The van der Waals surface area contributed by atoms with E-state index in [1.807, 2.05) is 0 Å². The number of pyridine rings is 2. The van der Waals surface area contributed by atoms with Gasteiger partial charge in [0, 0.05) is 11.8 Å². The van der Waals surface area contributed by atoms with Crippen molar-refractivity contribution in [3.8, 4) is 22.4 Å². The molecule has 0 unspecified atom stereocenters. The van der Waals surface area contributed by atoms with E-state index in [0.29, 0.717) is 5.69 Å². The van der Waals surface area contributed by atoms with Crippen LogP contribution < -0.4 is 11.4 Å². The van der Waals surface area contributed by atoms with Crippen molar-refractivity contribution >= 4 is 17.6 Å². The first-order valence-corrected chi connectivity index (χ1v) is 10.0.